The molecule has 2 rings (SSSR count). The molecule has 0 radical (unpaired) electrons. The molecule has 2 N–H and O–H groups in total. The van der Waals surface area contributed by atoms with Gasteiger partial charge in [0.2, 0.25) is 10.0 Å². The van der Waals surface area contributed by atoms with Crippen LogP contribution >= 0.6 is 0 Å². The maximum absolute atomic E-state index is 12.6. The third-order valence-electron chi connectivity index (χ3n) is 3.56. The van der Waals surface area contributed by atoms with Gasteiger partial charge in [-0.2, -0.15) is 4.31 Å². The second-order valence-corrected chi connectivity index (χ2v) is 6.95. The van der Waals surface area contributed by atoms with Crippen molar-refractivity contribution in [2.75, 3.05) is 19.7 Å². The second-order valence-electron chi connectivity index (χ2n) is 5.02. The van der Waals surface area contributed by atoms with Crippen LogP contribution in [0.2, 0.25) is 0 Å². The monoisotopic (exact) mass is 298 g/mol. The van der Waals surface area contributed by atoms with Gasteiger partial charge in [0.15, 0.2) is 0 Å². The Kier molecular flexibility index (Phi) is 5.15. The van der Waals surface area contributed by atoms with Gasteiger partial charge in [0.05, 0.1) is 11.5 Å². The fourth-order valence-electron chi connectivity index (χ4n) is 2.38. The molecule has 112 valence electrons. The van der Waals surface area contributed by atoms with Crippen LogP contribution in [-0.4, -0.2) is 37.5 Å². The molecule has 0 bridgehead atoms. The van der Waals surface area contributed by atoms with E-state index in [1.165, 1.54) is 4.31 Å². The molecule has 1 aromatic rings. The Hall–Kier alpha value is -0.950. The lowest BCUT2D eigenvalue weighted by Gasteiger charge is -2.21. The number of hydrogen-bond acceptors (Lipinski definition) is 4. The number of unbranched alkanes of at least 4 members (excludes halogenated alkanes) is 1. The van der Waals surface area contributed by atoms with Gasteiger partial charge in [0.25, 0.3) is 0 Å². The zero-order chi connectivity index (χ0) is 14.6. The van der Waals surface area contributed by atoms with E-state index in [0.29, 0.717) is 18.0 Å². The van der Waals surface area contributed by atoms with Crippen molar-refractivity contribution in [1.29, 1.82) is 0 Å². The third kappa shape index (κ3) is 3.20. The maximum atomic E-state index is 12.6. The van der Waals surface area contributed by atoms with Crippen molar-refractivity contribution in [2.24, 2.45) is 0 Å². The summed E-state index contributed by atoms with van der Waals surface area (Å²) in [6, 6.07) is 5.29. The number of aliphatic hydroxyl groups excluding tert-OH is 1. The SMILES string of the molecule is CCCCN(CCO)S(=O)(=O)c1ccc2c(c1)CNC2. The van der Waals surface area contributed by atoms with Crippen LogP contribution < -0.4 is 5.32 Å². The lowest BCUT2D eigenvalue weighted by molar-refractivity contribution is 0.252. The number of aliphatic hydroxyl groups is 1. The van der Waals surface area contributed by atoms with E-state index in [1.54, 1.807) is 12.1 Å². The zero-order valence-electron chi connectivity index (χ0n) is 11.8. The predicted octanol–water partition coefficient (Wildman–Crippen LogP) is 1.07. The standard InChI is InChI=1S/C14H22N2O3S/c1-2-3-6-16(7-8-17)20(18,19)14-5-4-12-10-15-11-13(12)9-14/h4-5,9,15,17H,2-3,6-8,10-11H2,1H3. The van der Waals surface area contributed by atoms with E-state index in [9.17, 15) is 8.42 Å². The molecule has 5 nitrogen and oxygen atoms in total. The molecule has 0 amide bonds. The van der Waals surface area contributed by atoms with Crippen LogP contribution in [0, 0.1) is 0 Å². The van der Waals surface area contributed by atoms with E-state index in [-0.39, 0.29) is 13.2 Å². The number of nitrogens with zero attached hydrogens (tertiary/aromatic N) is 1. The van der Waals surface area contributed by atoms with Crippen molar-refractivity contribution >= 4 is 10.0 Å². The number of fused-ring (bicyclic) bond motifs is 1. The Bertz CT molecular complexity index is 558. The van der Waals surface area contributed by atoms with E-state index in [2.05, 4.69) is 5.32 Å². The first-order valence-corrected chi connectivity index (χ1v) is 8.47. The molecule has 1 aliphatic rings. The Balaban J connectivity index is 2.27. The van der Waals surface area contributed by atoms with Gasteiger partial charge in [0, 0.05) is 26.2 Å². The van der Waals surface area contributed by atoms with Crippen LogP contribution in [0.5, 0.6) is 0 Å². The van der Waals surface area contributed by atoms with Gasteiger partial charge in [-0.05, 0) is 29.7 Å². The Morgan fingerprint density at radius 1 is 1.25 bits per heavy atom. The van der Waals surface area contributed by atoms with E-state index < -0.39 is 10.0 Å². The number of hydrogen-bond donors (Lipinski definition) is 2. The number of sulfonamides is 1. The molecule has 0 fully saturated rings. The topological polar surface area (TPSA) is 69.6 Å². The number of rotatable bonds is 7. The minimum atomic E-state index is -3.51. The van der Waals surface area contributed by atoms with E-state index >= 15 is 0 Å². The molecule has 1 aliphatic heterocycles. The van der Waals surface area contributed by atoms with Crippen molar-refractivity contribution in [3.8, 4) is 0 Å². The highest BCUT2D eigenvalue weighted by Crippen LogP contribution is 2.22. The summed E-state index contributed by atoms with van der Waals surface area (Å²) in [5.41, 5.74) is 2.21. The smallest absolute Gasteiger partial charge is 0.243 e. The second kappa shape index (κ2) is 6.67. The van der Waals surface area contributed by atoms with Crippen molar-refractivity contribution in [2.45, 2.75) is 37.8 Å². The summed E-state index contributed by atoms with van der Waals surface area (Å²) < 4.78 is 26.6. The van der Waals surface area contributed by atoms with Gasteiger partial charge in [-0.3, -0.25) is 0 Å². The normalized spacial score (nSPS) is 14.8. The lowest BCUT2D eigenvalue weighted by Crippen LogP contribution is -2.34. The van der Waals surface area contributed by atoms with Crippen LogP contribution in [-0.2, 0) is 23.1 Å². The molecule has 6 heteroatoms. The number of nitrogens with one attached hydrogen (secondary N) is 1. The summed E-state index contributed by atoms with van der Waals surface area (Å²) in [6.45, 7) is 3.98. The summed E-state index contributed by atoms with van der Waals surface area (Å²) in [5.74, 6) is 0. The molecule has 1 heterocycles. The van der Waals surface area contributed by atoms with Gasteiger partial charge in [-0.15, -0.1) is 0 Å². The molecule has 0 atom stereocenters. The van der Waals surface area contributed by atoms with E-state index in [0.717, 1.165) is 30.5 Å². The minimum Gasteiger partial charge on any atom is -0.395 e. The lowest BCUT2D eigenvalue weighted by atomic mass is 10.1. The zero-order valence-corrected chi connectivity index (χ0v) is 12.6. The first-order valence-electron chi connectivity index (χ1n) is 7.03. The highest BCUT2D eigenvalue weighted by Gasteiger charge is 2.25. The van der Waals surface area contributed by atoms with Gasteiger partial charge in [0.1, 0.15) is 0 Å². The minimum absolute atomic E-state index is 0.150. The maximum Gasteiger partial charge on any atom is 0.243 e. The van der Waals surface area contributed by atoms with Gasteiger partial charge in [-0.1, -0.05) is 19.4 Å². The first kappa shape index (κ1) is 15.4. The van der Waals surface area contributed by atoms with E-state index in [1.807, 2.05) is 13.0 Å². The van der Waals surface area contributed by atoms with E-state index in [4.69, 9.17) is 5.11 Å². The van der Waals surface area contributed by atoms with Crippen LogP contribution in [0.15, 0.2) is 23.1 Å². The van der Waals surface area contributed by atoms with Crippen LogP contribution in [0.3, 0.4) is 0 Å². The average Bonchev–Trinajstić information content (AvgIpc) is 2.90. The van der Waals surface area contributed by atoms with Crippen LogP contribution in [0.1, 0.15) is 30.9 Å². The Morgan fingerprint density at radius 3 is 2.70 bits per heavy atom. The third-order valence-corrected chi connectivity index (χ3v) is 5.45. The van der Waals surface area contributed by atoms with Crippen molar-refractivity contribution < 1.29 is 13.5 Å². The molecule has 1 aromatic carbocycles. The summed E-state index contributed by atoms with van der Waals surface area (Å²) in [6.07, 6.45) is 1.72. The molecule has 0 spiro atoms. The van der Waals surface area contributed by atoms with Crippen molar-refractivity contribution in [3.63, 3.8) is 0 Å². The van der Waals surface area contributed by atoms with Gasteiger partial charge >= 0.3 is 0 Å². The van der Waals surface area contributed by atoms with Crippen LogP contribution in [0.4, 0.5) is 0 Å². The molecule has 0 unspecified atom stereocenters. The number of benzene rings is 1. The molecule has 0 aliphatic carbocycles. The quantitative estimate of drug-likeness (QED) is 0.790. The molecule has 20 heavy (non-hydrogen) atoms. The highest BCUT2D eigenvalue weighted by molar-refractivity contribution is 7.89. The van der Waals surface area contributed by atoms with Gasteiger partial charge in [-0.25, -0.2) is 8.42 Å². The molecule has 0 saturated heterocycles. The Labute approximate surface area is 120 Å². The molecule has 0 aromatic heterocycles. The fraction of sp³-hybridized carbons (Fsp3) is 0.571. The summed E-state index contributed by atoms with van der Waals surface area (Å²) >= 11 is 0. The van der Waals surface area contributed by atoms with Crippen molar-refractivity contribution in [1.82, 2.24) is 9.62 Å². The van der Waals surface area contributed by atoms with Gasteiger partial charge < -0.3 is 10.4 Å². The van der Waals surface area contributed by atoms with Crippen LogP contribution in [0.25, 0.3) is 0 Å². The molecular formula is C14H22N2O3S. The summed E-state index contributed by atoms with van der Waals surface area (Å²) in [5, 5.41) is 12.3. The summed E-state index contributed by atoms with van der Waals surface area (Å²) in [4.78, 5) is 0.324. The predicted molar refractivity (Wildman–Crippen MR) is 77.7 cm³/mol. The summed E-state index contributed by atoms with van der Waals surface area (Å²) in [7, 11) is -3.51. The highest BCUT2D eigenvalue weighted by atomic mass is 32.2. The largest absolute Gasteiger partial charge is 0.395 e. The molecular weight excluding hydrogens is 276 g/mol. The van der Waals surface area contributed by atoms with Crippen molar-refractivity contribution in [3.05, 3.63) is 29.3 Å². The first-order chi connectivity index (χ1) is 9.59. The fourth-order valence-corrected chi connectivity index (χ4v) is 3.90. The molecule has 0 saturated carbocycles. The Morgan fingerprint density at radius 2 is 2.00 bits per heavy atom. The average molecular weight is 298 g/mol.